The van der Waals surface area contributed by atoms with Crippen LogP contribution in [0, 0.1) is 11.8 Å². The van der Waals surface area contributed by atoms with E-state index >= 15 is 0 Å². The highest BCUT2D eigenvalue weighted by Gasteiger charge is 2.72. The molecular weight excluding hydrogens is 278 g/mol. The maximum atomic E-state index is 12.2. The van der Waals surface area contributed by atoms with Gasteiger partial charge >= 0.3 is 0 Å². The van der Waals surface area contributed by atoms with Crippen molar-refractivity contribution in [2.24, 2.45) is 11.8 Å². The molecule has 2 saturated heterocycles. The number of aliphatic hydroxyl groups excluding tert-OH is 1. The first-order valence-electron chi connectivity index (χ1n) is 7.42. The highest BCUT2D eigenvalue weighted by atomic mass is 35.5. The largest absolute Gasteiger partial charge is 0.390 e. The van der Waals surface area contributed by atoms with Gasteiger partial charge in [0.25, 0.3) is 0 Å². The molecule has 2 aliphatic heterocycles. The van der Waals surface area contributed by atoms with Crippen LogP contribution in [-0.4, -0.2) is 40.7 Å². The Balaban J connectivity index is 1.86. The van der Waals surface area contributed by atoms with E-state index in [1.807, 2.05) is 6.92 Å². The van der Waals surface area contributed by atoms with Crippen LogP contribution in [0.5, 0.6) is 0 Å². The molecule has 2 N–H and O–H groups in total. The minimum Gasteiger partial charge on any atom is -0.390 e. The molecule has 0 aromatic heterocycles. The van der Waals surface area contributed by atoms with E-state index < -0.39 is 17.2 Å². The molecule has 2 fully saturated rings. The fourth-order valence-corrected chi connectivity index (χ4v) is 4.24. The number of fused-ring (bicyclic) bond motifs is 1. The summed E-state index contributed by atoms with van der Waals surface area (Å²) < 4.78 is 5.77. The second kappa shape index (κ2) is 5.00. The average molecular weight is 300 g/mol. The number of allylic oxidation sites excluding steroid dienone is 1. The first kappa shape index (κ1) is 14.4. The van der Waals surface area contributed by atoms with Crippen molar-refractivity contribution in [2.75, 3.05) is 12.5 Å². The van der Waals surface area contributed by atoms with Gasteiger partial charge in [-0.05, 0) is 32.6 Å². The lowest BCUT2D eigenvalue weighted by molar-refractivity contribution is -0.254. The summed E-state index contributed by atoms with van der Waals surface area (Å²) in [6.45, 7) is 2.32. The summed E-state index contributed by atoms with van der Waals surface area (Å²) >= 11 is 5.81. The minimum absolute atomic E-state index is 0.0375. The zero-order valence-corrected chi connectivity index (χ0v) is 12.5. The Kier molecular flexibility index (Phi) is 3.59. The summed E-state index contributed by atoms with van der Waals surface area (Å²) in [5, 5.41) is 13.9. The van der Waals surface area contributed by atoms with Gasteiger partial charge in [-0.1, -0.05) is 12.2 Å². The number of carbonyl (C=O) groups excluding carboxylic acids is 1. The number of alkyl halides is 1. The molecule has 4 nitrogen and oxygen atoms in total. The van der Waals surface area contributed by atoms with Crippen molar-refractivity contribution in [1.82, 2.24) is 5.32 Å². The molecule has 3 aliphatic rings. The van der Waals surface area contributed by atoms with Crippen molar-refractivity contribution in [2.45, 2.75) is 49.9 Å². The smallest absolute Gasteiger partial charge is 0.226 e. The first-order valence-corrected chi connectivity index (χ1v) is 7.95. The van der Waals surface area contributed by atoms with Crippen LogP contribution < -0.4 is 5.32 Å². The van der Waals surface area contributed by atoms with Gasteiger partial charge in [0.05, 0.1) is 18.6 Å². The summed E-state index contributed by atoms with van der Waals surface area (Å²) in [5.41, 5.74) is -1.28. The topological polar surface area (TPSA) is 58.6 Å². The molecule has 1 amide bonds. The lowest BCUT2D eigenvalue weighted by Crippen LogP contribution is -2.77. The van der Waals surface area contributed by atoms with Crippen molar-refractivity contribution in [3.63, 3.8) is 0 Å². The molecule has 1 aliphatic carbocycles. The Morgan fingerprint density at radius 3 is 3.00 bits per heavy atom. The molecule has 0 radical (unpaired) electrons. The summed E-state index contributed by atoms with van der Waals surface area (Å²) in [4.78, 5) is 12.2. The quantitative estimate of drug-likeness (QED) is 0.612. The molecule has 0 aromatic carbocycles. The number of halogens is 1. The number of hydrogen-bond acceptors (Lipinski definition) is 3. The highest BCUT2D eigenvalue weighted by Crippen LogP contribution is 2.52. The van der Waals surface area contributed by atoms with Crippen LogP contribution in [0.2, 0.25) is 0 Å². The molecule has 0 spiro atoms. The Morgan fingerprint density at radius 1 is 1.65 bits per heavy atom. The van der Waals surface area contributed by atoms with Crippen molar-refractivity contribution in [3.8, 4) is 0 Å². The molecule has 2 heterocycles. The molecule has 0 saturated carbocycles. The van der Waals surface area contributed by atoms with E-state index in [0.717, 1.165) is 19.3 Å². The van der Waals surface area contributed by atoms with Crippen LogP contribution in [-0.2, 0) is 9.53 Å². The maximum Gasteiger partial charge on any atom is 0.226 e. The van der Waals surface area contributed by atoms with Crippen LogP contribution in [0.4, 0.5) is 0 Å². The predicted molar refractivity (Wildman–Crippen MR) is 76.5 cm³/mol. The van der Waals surface area contributed by atoms with E-state index in [9.17, 15) is 9.90 Å². The van der Waals surface area contributed by atoms with E-state index in [4.69, 9.17) is 16.3 Å². The summed E-state index contributed by atoms with van der Waals surface area (Å²) in [6.07, 6.45) is 7.32. The summed E-state index contributed by atoms with van der Waals surface area (Å²) in [5.74, 6) is 0.217. The Bertz CT molecular complexity index is 441. The van der Waals surface area contributed by atoms with Gasteiger partial charge in [0.15, 0.2) is 0 Å². The third kappa shape index (κ3) is 1.78. The molecule has 0 bridgehead atoms. The van der Waals surface area contributed by atoms with E-state index in [0.29, 0.717) is 18.9 Å². The predicted octanol–water partition coefficient (Wildman–Crippen LogP) is 1.61. The standard InChI is InChI=1S/C15H22ClNO3/c1-14-11(7-8-16)13(19)17-15(14,9-20-14)12(18)10-5-3-2-4-6-10/h3,5,10-12,18H,2,4,6-9H2,1H3,(H,17,19)/t10?,11-,12-,14-,15?/m0/s1. The number of ether oxygens (including phenoxy) is 1. The van der Waals surface area contributed by atoms with Crippen LogP contribution >= 0.6 is 11.6 Å². The van der Waals surface area contributed by atoms with Crippen LogP contribution in [0.3, 0.4) is 0 Å². The number of aliphatic hydroxyl groups is 1. The molecular formula is C15H22ClNO3. The number of nitrogens with one attached hydrogen (secondary N) is 1. The summed E-state index contributed by atoms with van der Waals surface area (Å²) in [6, 6.07) is 0. The third-order valence-electron chi connectivity index (χ3n) is 5.41. The lowest BCUT2D eigenvalue weighted by atomic mass is 9.65. The number of carbonyl (C=O) groups is 1. The molecule has 5 atom stereocenters. The third-order valence-corrected chi connectivity index (χ3v) is 5.63. The Morgan fingerprint density at radius 2 is 2.45 bits per heavy atom. The molecule has 20 heavy (non-hydrogen) atoms. The second-order valence-corrected chi connectivity index (χ2v) is 6.73. The van der Waals surface area contributed by atoms with Crippen molar-refractivity contribution in [1.29, 1.82) is 0 Å². The van der Waals surface area contributed by atoms with Crippen LogP contribution in [0.1, 0.15) is 32.6 Å². The van der Waals surface area contributed by atoms with Gasteiger partial charge in [0, 0.05) is 11.8 Å². The van der Waals surface area contributed by atoms with Gasteiger partial charge < -0.3 is 15.2 Å². The highest BCUT2D eigenvalue weighted by molar-refractivity contribution is 6.18. The van der Waals surface area contributed by atoms with Gasteiger partial charge in [-0.25, -0.2) is 0 Å². The maximum absolute atomic E-state index is 12.2. The number of hydrogen-bond donors (Lipinski definition) is 2. The van der Waals surface area contributed by atoms with Crippen molar-refractivity contribution >= 4 is 17.5 Å². The monoisotopic (exact) mass is 299 g/mol. The number of rotatable bonds is 4. The SMILES string of the molecule is C[C@@]12OCC1([C@@H](O)C1C=CCCC1)NC(=O)[C@@H]2CCCl. The van der Waals surface area contributed by atoms with Gasteiger partial charge in [-0.3, -0.25) is 4.79 Å². The van der Waals surface area contributed by atoms with Crippen LogP contribution in [0.25, 0.3) is 0 Å². The van der Waals surface area contributed by atoms with E-state index in [1.54, 1.807) is 0 Å². The molecule has 3 rings (SSSR count). The second-order valence-electron chi connectivity index (χ2n) is 6.35. The molecule has 5 heteroatoms. The zero-order chi connectivity index (χ0) is 14.4. The normalized spacial score (nSPS) is 44.6. The van der Waals surface area contributed by atoms with Gasteiger partial charge in [0.2, 0.25) is 5.91 Å². The zero-order valence-electron chi connectivity index (χ0n) is 11.8. The summed E-state index contributed by atoms with van der Waals surface area (Å²) in [7, 11) is 0. The van der Waals surface area contributed by atoms with E-state index in [-0.39, 0.29) is 17.7 Å². The molecule has 112 valence electrons. The molecule has 2 unspecified atom stereocenters. The van der Waals surface area contributed by atoms with Gasteiger partial charge in [0.1, 0.15) is 11.1 Å². The lowest BCUT2D eigenvalue weighted by Gasteiger charge is -2.57. The Hall–Kier alpha value is -0.580. The van der Waals surface area contributed by atoms with E-state index in [1.165, 1.54) is 0 Å². The van der Waals surface area contributed by atoms with Crippen molar-refractivity contribution in [3.05, 3.63) is 12.2 Å². The Labute approximate surface area is 124 Å². The average Bonchev–Trinajstić information content (AvgIpc) is 2.61. The number of amides is 1. The minimum atomic E-state index is -0.646. The fourth-order valence-electron chi connectivity index (χ4n) is 4.02. The molecule has 0 aromatic rings. The van der Waals surface area contributed by atoms with Crippen molar-refractivity contribution < 1.29 is 14.6 Å². The van der Waals surface area contributed by atoms with Crippen LogP contribution in [0.15, 0.2) is 12.2 Å². The van der Waals surface area contributed by atoms with E-state index in [2.05, 4.69) is 17.5 Å². The van der Waals surface area contributed by atoms with Gasteiger partial charge in [-0.2, -0.15) is 0 Å². The fraction of sp³-hybridized carbons (Fsp3) is 0.800. The first-order chi connectivity index (χ1) is 9.55. The van der Waals surface area contributed by atoms with Gasteiger partial charge in [-0.15, -0.1) is 11.6 Å².